The maximum absolute atomic E-state index is 12.4. The van der Waals surface area contributed by atoms with Crippen molar-refractivity contribution in [2.75, 3.05) is 5.32 Å². The molecule has 0 heterocycles. The Morgan fingerprint density at radius 2 is 1.67 bits per heavy atom. The number of rotatable bonds is 6. The first kappa shape index (κ1) is 19.4. The molecule has 0 radical (unpaired) electrons. The smallest absolute Gasteiger partial charge is 0.411 e. The molecule has 0 saturated heterocycles. The van der Waals surface area contributed by atoms with E-state index in [0.29, 0.717) is 12.1 Å². The van der Waals surface area contributed by atoms with Crippen LogP contribution in [0.4, 0.5) is 10.5 Å². The second kappa shape index (κ2) is 9.01. The van der Waals surface area contributed by atoms with Gasteiger partial charge in [-0.25, -0.2) is 17.9 Å². The topological polar surface area (TPSA) is 84.5 Å². The quantitative estimate of drug-likeness (QED) is 0.791. The fourth-order valence-electron chi connectivity index (χ4n) is 3.27. The van der Waals surface area contributed by atoms with Crippen molar-refractivity contribution in [2.24, 2.45) is 0 Å². The van der Waals surface area contributed by atoms with Crippen LogP contribution in [-0.4, -0.2) is 26.7 Å². The van der Waals surface area contributed by atoms with Gasteiger partial charge in [0.25, 0.3) is 0 Å². The molecule has 144 valence electrons. The number of anilines is 1. The molecular formula is C20H24N2O4S. The summed E-state index contributed by atoms with van der Waals surface area (Å²) in [5.41, 5.74) is 1.41. The number of amides is 1. The van der Waals surface area contributed by atoms with E-state index in [2.05, 4.69) is 10.0 Å². The van der Waals surface area contributed by atoms with Crippen LogP contribution < -0.4 is 10.0 Å². The van der Waals surface area contributed by atoms with Crippen LogP contribution in [0.25, 0.3) is 0 Å². The molecule has 6 nitrogen and oxygen atoms in total. The van der Waals surface area contributed by atoms with Gasteiger partial charge in [0.1, 0.15) is 6.10 Å². The number of carbonyl (C=O) groups is 1. The van der Waals surface area contributed by atoms with E-state index in [-0.39, 0.29) is 17.9 Å². The molecule has 1 saturated carbocycles. The van der Waals surface area contributed by atoms with Crippen molar-refractivity contribution in [3.05, 3.63) is 66.2 Å². The van der Waals surface area contributed by atoms with Gasteiger partial charge in [0.15, 0.2) is 0 Å². The van der Waals surface area contributed by atoms with E-state index < -0.39 is 16.1 Å². The first-order valence-corrected chi connectivity index (χ1v) is 10.7. The Morgan fingerprint density at radius 1 is 1.00 bits per heavy atom. The molecule has 0 bridgehead atoms. The Hall–Kier alpha value is -2.38. The lowest BCUT2D eigenvalue weighted by molar-refractivity contribution is 0.0793. The average Bonchev–Trinajstić information content (AvgIpc) is 2.62. The summed E-state index contributed by atoms with van der Waals surface area (Å²) in [6.45, 7) is 0. The monoisotopic (exact) mass is 388 g/mol. The van der Waals surface area contributed by atoms with E-state index in [4.69, 9.17) is 4.74 Å². The molecule has 7 heteroatoms. The van der Waals surface area contributed by atoms with E-state index in [1.54, 1.807) is 24.3 Å². The number of benzene rings is 2. The zero-order chi connectivity index (χ0) is 19.1. The summed E-state index contributed by atoms with van der Waals surface area (Å²) in [5.74, 6) is -0.0512. The third-order valence-electron chi connectivity index (χ3n) is 4.47. The van der Waals surface area contributed by atoms with Gasteiger partial charge in [-0.1, -0.05) is 48.5 Å². The number of para-hydroxylation sites is 1. The van der Waals surface area contributed by atoms with Crippen LogP contribution in [0.2, 0.25) is 0 Å². The first-order chi connectivity index (χ1) is 13.0. The number of ether oxygens (including phenoxy) is 1. The molecule has 2 aromatic rings. The minimum Gasteiger partial charge on any atom is -0.446 e. The van der Waals surface area contributed by atoms with Gasteiger partial charge >= 0.3 is 6.09 Å². The molecule has 2 unspecified atom stereocenters. The Labute approximate surface area is 160 Å². The molecule has 2 atom stereocenters. The van der Waals surface area contributed by atoms with Crippen LogP contribution in [0, 0.1) is 0 Å². The van der Waals surface area contributed by atoms with Crippen molar-refractivity contribution in [3.8, 4) is 0 Å². The van der Waals surface area contributed by atoms with Crippen LogP contribution in [0.5, 0.6) is 0 Å². The summed E-state index contributed by atoms with van der Waals surface area (Å²) in [7, 11) is -3.44. The lowest BCUT2D eigenvalue weighted by Crippen LogP contribution is -2.41. The third-order valence-corrected chi connectivity index (χ3v) is 5.87. The standard InChI is InChI=1S/C20H24N2O4S/c23-20(21-17-10-5-2-6-11-17)26-19-13-7-12-18(14-19)22-27(24,25)15-16-8-3-1-4-9-16/h1-6,8-11,18-19,22H,7,12-15H2,(H,21,23). The lowest BCUT2D eigenvalue weighted by atomic mass is 9.94. The average molecular weight is 388 g/mol. The van der Waals surface area contributed by atoms with Crippen molar-refractivity contribution in [1.82, 2.24) is 4.72 Å². The number of sulfonamides is 1. The molecular weight excluding hydrogens is 364 g/mol. The van der Waals surface area contributed by atoms with Crippen molar-refractivity contribution in [1.29, 1.82) is 0 Å². The Balaban J connectivity index is 1.50. The van der Waals surface area contributed by atoms with Gasteiger partial charge in [-0.05, 0) is 37.0 Å². The molecule has 1 amide bonds. The molecule has 0 aromatic heterocycles. The second-order valence-electron chi connectivity index (χ2n) is 6.74. The number of hydrogen-bond donors (Lipinski definition) is 2. The zero-order valence-electron chi connectivity index (χ0n) is 15.0. The second-order valence-corrected chi connectivity index (χ2v) is 8.50. The van der Waals surface area contributed by atoms with Crippen molar-refractivity contribution in [3.63, 3.8) is 0 Å². The Bertz CT molecular complexity index is 841. The SMILES string of the molecule is O=C(Nc1ccccc1)OC1CCCC(NS(=O)(=O)Cc2ccccc2)C1. The van der Waals surface area contributed by atoms with E-state index in [1.165, 1.54) is 0 Å². The van der Waals surface area contributed by atoms with Crippen LogP contribution in [-0.2, 0) is 20.5 Å². The fraction of sp³-hybridized carbons (Fsp3) is 0.350. The molecule has 1 aliphatic carbocycles. The highest BCUT2D eigenvalue weighted by Crippen LogP contribution is 2.23. The van der Waals surface area contributed by atoms with Gasteiger partial charge in [-0.3, -0.25) is 5.32 Å². The molecule has 2 N–H and O–H groups in total. The highest BCUT2D eigenvalue weighted by Gasteiger charge is 2.28. The maximum Gasteiger partial charge on any atom is 0.411 e. The summed E-state index contributed by atoms with van der Waals surface area (Å²) < 4.78 is 33.0. The van der Waals surface area contributed by atoms with Crippen LogP contribution in [0.3, 0.4) is 0 Å². The highest BCUT2D eigenvalue weighted by atomic mass is 32.2. The van der Waals surface area contributed by atoms with Gasteiger partial charge in [0.05, 0.1) is 5.75 Å². The molecule has 2 aromatic carbocycles. The fourth-order valence-corrected chi connectivity index (χ4v) is 4.71. The lowest BCUT2D eigenvalue weighted by Gasteiger charge is -2.29. The summed E-state index contributed by atoms with van der Waals surface area (Å²) in [6.07, 6.45) is 1.96. The van der Waals surface area contributed by atoms with Crippen LogP contribution in [0.1, 0.15) is 31.2 Å². The summed E-state index contributed by atoms with van der Waals surface area (Å²) in [5, 5.41) is 2.69. The zero-order valence-corrected chi connectivity index (χ0v) is 15.8. The Kier molecular flexibility index (Phi) is 6.47. The first-order valence-electron chi connectivity index (χ1n) is 9.07. The van der Waals surface area contributed by atoms with Crippen LogP contribution >= 0.6 is 0 Å². The highest BCUT2D eigenvalue weighted by molar-refractivity contribution is 7.88. The van der Waals surface area contributed by atoms with E-state index in [9.17, 15) is 13.2 Å². The Morgan fingerprint density at radius 3 is 2.37 bits per heavy atom. The van der Waals surface area contributed by atoms with Crippen molar-refractivity contribution < 1.29 is 17.9 Å². The molecule has 1 fully saturated rings. The molecule has 1 aliphatic rings. The van der Waals surface area contributed by atoms with Gasteiger partial charge < -0.3 is 4.74 Å². The summed E-state index contributed by atoms with van der Waals surface area (Å²) >= 11 is 0. The summed E-state index contributed by atoms with van der Waals surface area (Å²) in [4.78, 5) is 12.0. The minimum absolute atomic E-state index is 0.0512. The largest absolute Gasteiger partial charge is 0.446 e. The van der Waals surface area contributed by atoms with Crippen molar-refractivity contribution in [2.45, 2.75) is 43.6 Å². The predicted octanol–water partition coefficient (Wildman–Crippen LogP) is 3.67. The van der Waals surface area contributed by atoms with Gasteiger partial charge in [-0.15, -0.1) is 0 Å². The number of carbonyl (C=O) groups excluding carboxylic acids is 1. The number of hydrogen-bond acceptors (Lipinski definition) is 4. The maximum atomic E-state index is 12.4. The molecule has 3 rings (SSSR count). The van der Waals surface area contributed by atoms with Crippen LogP contribution in [0.15, 0.2) is 60.7 Å². The van der Waals surface area contributed by atoms with Crippen molar-refractivity contribution >= 4 is 21.8 Å². The van der Waals surface area contributed by atoms with E-state index >= 15 is 0 Å². The third kappa shape index (κ3) is 6.37. The van der Waals surface area contributed by atoms with E-state index in [0.717, 1.165) is 24.8 Å². The normalized spacial score (nSPS) is 20.0. The minimum atomic E-state index is -3.44. The molecule has 0 spiro atoms. The van der Waals surface area contributed by atoms with E-state index in [1.807, 2.05) is 36.4 Å². The predicted molar refractivity (Wildman–Crippen MR) is 105 cm³/mol. The molecule has 27 heavy (non-hydrogen) atoms. The van der Waals surface area contributed by atoms with Gasteiger partial charge in [-0.2, -0.15) is 0 Å². The molecule has 0 aliphatic heterocycles. The van der Waals surface area contributed by atoms with Gasteiger partial charge in [0.2, 0.25) is 10.0 Å². The number of nitrogens with one attached hydrogen (secondary N) is 2. The van der Waals surface area contributed by atoms with Gasteiger partial charge in [0, 0.05) is 18.2 Å². The summed E-state index contributed by atoms with van der Waals surface area (Å²) in [6, 6.07) is 17.9.